The van der Waals surface area contributed by atoms with Gasteiger partial charge in [0.05, 0.1) is 23.9 Å². The molecule has 2 aromatic heterocycles. The van der Waals surface area contributed by atoms with Crippen molar-refractivity contribution in [3.05, 3.63) is 75.9 Å². The fourth-order valence-electron chi connectivity index (χ4n) is 3.41. The van der Waals surface area contributed by atoms with Crippen LogP contribution in [0.4, 0.5) is 0 Å². The van der Waals surface area contributed by atoms with E-state index in [9.17, 15) is 13.2 Å². The summed E-state index contributed by atoms with van der Waals surface area (Å²) >= 11 is 7.47. The number of carbonyl (C=O) groups is 1. The topological polar surface area (TPSA) is 114 Å². The van der Waals surface area contributed by atoms with E-state index in [1.807, 2.05) is 25.1 Å². The normalized spacial score (nSPS) is 12.6. The lowest BCUT2D eigenvalue weighted by atomic mass is 10.1. The molecule has 0 fully saturated rings. The summed E-state index contributed by atoms with van der Waals surface area (Å²) < 4.78 is 35.8. The minimum Gasteiger partial charge on any atom is -0.484 e. The van der Waals surface area contributed by atoms with Crippen molar-refractivity contribution in [2.75, 3.05) is 7.11 Å². The number of sulfonamides is 1. The van der Waals surface area contributed by atoms with Crippen LogP contribution in [0.3, 0.4) is 0 Å². The molecule has 0 aliphatic carbocycles. The Morgan fingerprint density at radius 2 is 2.00 bits per heavy atom. The number of hydrogen-bond acceptors (Lipinski definition) is 7. The highest BCUT2D eigenvalue weighted by Crippen LogP contribution is 2.37. The van der Waals surface area contributed by atoms with Crippen molar-refractivity contribution >= 4 is 50.0 Å². The number of thiophene rings is 1. The Bertz CT molecular complexity index is 1450. The van der Waals surface area contributed by atoms with E-state index in [4.69, 9.17) is 26.2 Å². The predicted molar refractivity (Wildman–Crippen MR) is 128 cm³/mol. The number of methoxy groups -OCH3 is 1. The summed E-state index contributed by atoms with van der Waals surface area (Å²) in [5.74, 6) is -0.487. The van der Waals surface area contributed by atoms with Gasteiger partial charge in [0.15, 0.2) is 4.88 Å². The zero-order valence-corrected chi connectivity index (χ0v) is 20.1. The Morgan fingerprint density at radius 3 is 2.70 bits per heavy atom. The Balaban J connectivity index is 1.75. The number of hydrogen-bond donors (Lipinski definition) is 1. The second-order valence-electron chi connectivity index (χ2n) is 7.30. The third-order valence-electron chi connectivity index (χ3n) is 4.92. The summed E-state index contributed by atoms with van der Waals surface area (Å²) in [4.78, 5) is 17.1. The van der Waals surface area contributed by atoms with E-state index < -0.39 is 22.1 Å². The molecule has 33 heavy (non-hydrogen) atoms. The third kappa shape index (κ3) is 5.03. The van der Waals surface area contributed by atoms with Crippen LogP contribution in [-0.4, -0.2) is 31.0 Å². The van der Waals surface area contributed by atoms with Crippen LogP contribution in [0.25, 0.3) is 16.0 Å². The molecule has 0 saturated heterocycles. The van der Waals surface area contributed by atoms with Gasteiger partial charge >= 0.3 is 5.97 Å². The molecular formula is C22H20ClN3O5S2. The number of esters is 1. The molecule has 4 aromatic rings. The zero-order chi connectivity index (χ0) is 23.8. The van der Waals surface area contributed by atoms with Crippen molar-refractivity contribution in [3.63, 3.8) is 0 Å². The number of nitrogens with two attached hydrogens (primary N) is 1. The minimum atomic E-state index is -3.69. The molecule has 2 heterocycles. The first-order chi connectivity index (χ1) is 15.7. The lowest BCUT2D eigenvalue weighted by Gasteiger charge is -2.16. The molecule has 8 nitrogen and oxygen atoms in total. The second kappa shape index (κ2) is 9.14. The van der Waals surface area contributed by atoms with Crippen LogP contribution in [0.15, 0.2) is 54.9 Å². The maximum absolute atomic E-state index is 12.5. The Labute approximate surface area is 199 Å². The number of benzene rings is 2. The average Bonchev–Trinajstić information content (AvgIpc) is 3.36. The fourth-order valence-corrected chi connectivity index (χ4v) is 5.34. The number of imidazole rings is 1. The van der Waals surface area contributed by atoms with E-state index in [0.717, 1.165) is 5.56 Å². The van der Waals surface area contributed by atoms with Gasteiger partial charge in [-0.05, 0) is 30.7 Å². The van der Waals surface area contributed by atoms with Gasteiger partial charge in [-0.2, -0.15) is 0 Å². The van der Waals surface area contributed by atoms with Crippen LogP contribution >= 0.6 is 22.9 Å². The second-order valence-corrected chi connectivity index (χ2v) is 10.3. The predicted octanol–water partition coefficient (Wildman–Crippen LogP) is 4.46. The molecule has 0 radical (unpaired) electrons. The van der Waals surface area contributed by atoms with Crippen molar-refractivity contribution in [2.24, 2.45) is 5.14 Å². The Hall–Kier alpha value is -2.92. The average molecular weight is 506 g/mol. The van der Waals surface area contributed by atoms with E-state index in [0.29, 0.717) is 32.4 Å². The number of ether oxygens (including phenoxy) is 2. The Morgan fingerprint density at radius 1 is 1.24 bits per heavy atom. The molecule has 0 aliphatic rings. The number of nitrogens with zero attached hydrogens (tertiary/aromatic N) is 2. The molecule has 0 spiro atoms. The van der Waals surface area contributed by atoms with E-state index in [1.165, 1.54) is 18.4 Å². The number of aromatic nitrogens is 2. The summed E-state index contributed by atoms with van der Waals surface area (Å²) in [6.45, 7) is 1.84. The maximum atomic E-state index is 12.5. The highest BCUT2D eigenvalue weighted by atomic mass is 35.5. The quantitative estimate of drug-likeness (QED) is 0.371. The molecule has 4 rings (SSSR count). The highest BCUT2D eigenvalue weighted by molar-refractivity contribution is 7.88. The number of carbonyl (C=O) groups excluding carboxylic acids is 1. The lowest BCUT2D eigenvalue weighted by Crippen LogP contribution is -2.14. The van der Waals surface area contributed by atoms with Crippen LogP contribution < -0.4 is 9.88 Å². The van der Waals surface area contributed by atoms with E-state index in [2.05, 4.69) is 4.98 Å². The van der Waals surface area contributed by atoms with Gasteiger partial charge < -0.3 is 9.47 Å². The Kier molecular flexibility index (Phi) is 6.44. The first kappa shape index (κ1) is 23.2. The molecule has 172 valence electrons. The lowest BCUT2D eigenvalue weighted by molar-refractivity contribution is 0.0600. The molecule has 2 aromatic carbocycles. The standard InChI is InChI=1S/C22H20ClN3O5S2/c1-13(15-5-3-4-6-16(15)23)31-19-10-20(32-21(19)22(27)30-2)26-12-25-17-8-7-14(9-18(17)26)11-33(24,28)29/h3-10,12-13H,11H2,1-2H3,(H2,24,28,29)/t13-/m1/s1. The van der Waals surface area contributed by atoms with Gasteiger partial charge in [0.2, 0.25) is 10.0 Å². The van der Waals surface area contributed by atoms with E-state index in [-0.39, 0.29) is 10.6 Å². The molecule has 2 N–H and O–H groups in total. The van der Waals surface area contributed by atoms with Crippen molar-refractivity contribution in [1.29, 1.82) is 0 Å². The first-order valence-electron chi connectivity index (χ1n) is 9.76. The molecule has 0 unspecified atom stereocenters. The summed E-state index contributed by atoms with van der Waals surface area (Å²) in [5.41, 5.74) is 2.64. The van der Waals surface area contributed by atoms with Crippen LogP contribution in [0.5, 0.6) is 5.75 Å². The number of primary sulfonamides is 1. The van der Waals surface area contributed by atoms with Crippen LogP contribution in [-0.2, 0) is 20.5 Å². The summed E-state index contributed by atoms with van der Waals surface area (Å²) in [6, 6.07) is 14.1. The van der Waals surface area contributed by atoms with Gasteiger partial charge in [0.1, 0.15) is 23.2 Å². The monoisotopic (exact) mass is 505 g/mol. The highest BCUT2D eigenvalue weighted by Gasteiger charge is 2.23. The third-order valence-corrected chi connectivity index (χ3v) is 7.10. The van der Waals surface area contributed by atoms with Gasteiger partial charge in [-0.15, -0.1) is 11.3 Å². The smallest absolute Gasteiger partial charge is 0.351 e. The van der Waals surface area contributed by atoms with Gasteiger partial charge in [-0.3, -0.25) is 4.57 Å². The largest absolute Gasteiger partial charge is 0.484 e. The van der Waals surface area contributed by atoms with Crippen LogP contribution in [0, 0.1) is 0 Å². The maximum Gasteiger partial charge on any atom is 0.351 e. The van der Waals surface area contributed by atoms with Gasteiger partial charge in [-0.25, -0.2) is 23.3 Å². The molecule has 0 aliphatic heterocycles. The number of halogens is 1. The van der Waals surface area contributed by atoms with E-state index in [1.54, 1.807) is 41.2 Å². The summed E-state index contributed by atoms with van der Waals surface area (Å²) in [7, 11) is -2.39. The molecule has 1 atom stereocenters. The van der Waals surface area contributed by atoms with Crippen molar-refractivity contribution in [2.45, 2.75) is 18.8 Å². The SMILES string of the molecule is COC(=O)c1sc(-n2cnc3ccc(CS(N)(=O)=O)cc32)cc1O[C@H](C)c1ccccc1Cl. The van der Waals surface area contributed by atoms with Crippen LogP contribution in [0.1, 0.15) is 33.8 Å². The van der Waals surface area contributed by atoms with Crippen LogP contribution in [0.2, 0.25) is 5.02 Å². The summed E-state index contributed by atoms with van der Waals surface area (Å²) in [5, 5.41) is 6.39. The van der Waals surface area contributed by atoms with Crippen molar-refractivity contribution in [1.82, 2.24) is 9.55 Å². The summed E-state index contributed by atoms with van der Waals surface area (Å²) in [6.07, 6.45) is 1.17. The first-order valence-corrected chi connectivity index (χ1v) is 12.7. The van der Waals surface area contributed by atoms with Gasteiger partial charge in [0, 0.05) is 16.7 Å². The molecule has 11 heteroatoms. The molecular weight excluding hydrogens is 486 g/mol. The van der Waals surface area contributed by atoms with Gasteiger partial charge in [-0.1, -0.05) is 35.9 Å². The molecule has 0 saturated carbocycles. The zero-order valence-electron chi connectivity index (χ0n) is 17.7. The minimum absolute atomic E-state index is 0.286. The van der Waals surface area contributed by atoms with Gasteiger partial charge in [0.25, 0.3) is 0 Å². The van der Waals surface area contributed by atoms with Crippen molar-refractivity contribution < 1.29 is 22.7 Å². The fraction of sp³-hybridized carbons (Fsp3) is 0.182. The van der Waals surface area contributed by atoms with Crippen molar-refractivity contribution in [3.8, 4) is 10.8 Å². The number of fused-ring (bicyclic) bond motifs is 1. The molecule has 0 bridgehead atoms. The molecule has 0 amide bonds. The van der Waals surface area contributed by atoms with E-state index >= 15 is 0 Å². The number of rotatable bonds is 7.